The Hall–Kier alpha value is 0.224. The van der Waals surface area contributed by atoms with Crippen molar-refractivity contribution in [2.24, 2.45) is 0 Å². The van der Waals surface area contributed by atoms with E-state index >= 15 is 0 Å². The van der Waals surface area contributed by atoms with Gasteiger partial charge in [0.25, 0.3) is 0 Å². The molecule has 0 aromatic rings. The molecule has 0 bridgehead atoms. The highest BCUT2D eigenvalue weighted by atomic mass is 28.3. The van der Waals surface area contributed by atoms with E-state index in [1.807, 2.05) is 13.1 Å². The van der Waals surface area contributed by atoms with Gasteiger partial charge in [0.15, 0.2) is 0 Å². The van der Waals surface area contributed by atoms with Crippen molar-refractivity contribution >= 4 is 18.3 Å². The monoisotopic (exact) mass is 242 g/mol. The van der Waals surface area contributed by atoms with Crippen LogP contribution in [0.1, 0.15) is 25.7 Å². The van der Waals surface area contributed by atoms with Crippen LogP contribution in [0.5, 0.6) is 0 Å². The zero-order chi connectivity index (χ0) is 11.0. The molecule has 1 atom stereocenters. The van der Waals surface area contributed by atoms with Crippen LogP contribution in [-0.2, 0) is 0 Å². The molecular weight excluding hydrogens is 221 g/mol. The number of alkyl halides is 3. The molecule has 86 valence electrons. The van der Waals surface area contributed by atoms with Gasteiger partial charge in [-0.2, -0.15) is 0 Å². The quantitative estimate of drug-likeness (QED) is 0.453. The molecule has 0 amide bonds. The van der Waals surface area contributed by atoms with E-state index < -0.39 is 30.2 Å². The standard InChI is InChI=1S/C9H21F3Si2/c1-14(2)8(10)6-4-3-5-7-13-9(11)12/h8-9,14H,3-7,13H2,1-2H3. The fourth-order valence-corrected chi connectivity index (χ4v) is 3.18. The molecule has 0 radical (unpaired) electrons. The highest BCUT2D eigenvalue weighted by molar-refractivity contribution is 6.57. The van der Waals surface area contributed by atoms with E-state index in [4.69, 9.17) is 0 Å². The summed E-state index contributed by atoms with van der Waals surface area (Å²) in [6.07, 6.45) is 3.34. The summed E-state index contributed by atoms with van der Waals surface area (Å²) < 4.78 is 36.7. The second kappa shape index (κ2) is 8.53. The molecule has 14 heavy (non-hydrogen) atoms. The summed E-state index contributed by atoms with van der Waals surface area (Å²) in [5.74, 6) is -0.581. The highest BCUT2D eigenvalue weighted by Crippen LogP contribution is 2.11. The van der Waals surface area contributed by atoms with E-state index in [0.29, 0.717) is 12.5 Å². The first-order valence-corrected chi connectivity index (χ1v) is 10.3. The molecule has 0 aliphatic heterocycles. The summed E-state index contributed by atoms with van der Waals surface area (Å²) in [6, 6.07) is -1.32. The van der Waals surface area contributed by atoms with Gasteiger partial charge < -0.3 is 0 Å². The Morgan fingerprint density at radius 1 is 1.07 bits per heavy atom. The summed E-state index contributed by atoms with van der Waals surface area (Å²) in [6.45, 7) is 4.02. The smallest absolute Gasteiger partial charge is 0.214 e. The van der Waals surface area contributed by atoms with Crippen molar-refractivity contribution in [3.63, 3.8) is 0 Å². The lowest BCUT2D eigenvalue weighted by atomic mass is 10.2. The topological polar surface area (TPSA) is 0 Å². The van der Waals surface area contributed by atoms with E-state index in [1.165, 1.54) is 0 Å². The van der Waals surface area contributed by atoms with E-state index in [9.17, 15) is 13.2 Å². The van der Waals surface area contributed by atoms with E-state index in [2.05, 4.69) is 0 Å². The summed E-state index contributed by atoms with van der Waals surface area (Å²) in [4.78, 5) is 0. The van der Waals surface area contributed by atoms with Crippen LogP contribution in [0, 0.1) is 0 Å². The first-order valence-electron chi connectivity index (χ1n) is 5.46. The summed E-state index contributed by atoms with van der Waals surface area (Å²) >= 11 is 0. The predicted octanol–water partition coefficient (Wildman–Crippen LogP) is 2.72. The Balaban J connectivity index is 3.13. The van der Waals surface area contributed by atoms with Gasteiger partial charge in [0.1, 0.15) is 9.52 Å². The number of hydrogen-bond donors (Lipinski definition) is 0. The Labute approximate surface area is 88.7 Å². The second-order valence-electron chi connectivity index (χ2n) is 4.14. The molecule has 0 saturated carbocycles. The lowest BCUT2D eigenvalue weighted by Crippen LogP contribution is -2.19. The number of rotatable bonds is 8. The van der Waals surface area contributed by atoms with Crippen molar-refractivity contribution in [3.05, 3.63) is 0 Å². The molecule has 0 saturated heterocycles. The average Bonchev–Trinajstić information content (AvgIpc) is 2.09. The third-order valence-electron chi connectivity index (χ3n) is 2.38. The lowest BCUT2D eigenvalue weighted by molar-refractivity contribution is 0.237. The third-order valence-corrected chi connectivity index (χ3v) is 5.50. The van der Waals surface area contributed by atoms with E-state index in [1.54, 1.807) is 0 Å². The maximum absolute atomic E-state index is 13.1. The maximum atomic E-state index is 13.1. The molecule has 0 fully saturated rings. The molecule has 0 N–H and O–H groups in total. The molecule has 0 rings (SSSR count). The van der Waals surface area contributed by atoms with Crippen molar-refractivity contribution in [2.45, 2.75) is 56.7 Å². The van der Waals surface area contributed by atoms with Crippen molar-refractivity contribution in [2.75, 3.05) is 0 Å². The second-order valence-corrected chi connectivity index (χ2v) is 9.26. The van der Waals surface area contributed by atoms with Gasteiger partial charge >= 0.3 is 0 Å². The van der Waals surface area contributed by atoms with Gasteiger partial charge in [-0.15, -0.1) is 0 Å². The summed E-state index contributed by atoms with van der Waals surface area (Å²) in [5.41, 5.74) is 0. The van der Waals surface area contributed by atoms with Gasteiger partial charge in [-0.05, 0) is 6.42 Å². The summed E-state index contributed by atoms with van der Waals surface area (Å²) in [5, 5.41) is 0. The minimum atomic E-state index is -2.04. The number of hydrogen-bond acceptors (Lipinski definition) is 0. The largest absolute Gasteiger partial charge is 0.252 e. The van der Waals surface area contributed by atoms with Crippen molar-refractivity contribution < 1.29 is 13.2 Å². The van der Waals surface area contributed by atoms with Gasteiger partial charge in [-0.25, -0.2) is 8.78 Å². The van der Waals surface area contributed by atoms with Crippen LogP contribution >= 0.6 is 0 Å². The van der Waals surface area contributed by atoms with Crippen molar-refractivity contribution in [1.82, 2.24) is 0 Å². The Morgan fingerprint density at radius 3 is 2.21 bits per heavy atom. The van der Waals surface area contributed by atoms with Crippen LogP contribution in [0.2, 0.25) is 19.1 Å². The highest BCUT2D eigenvalue weighted by Gasteiger charge is 2.11. The minimum absolute atomic E-state index is 0.581. The molecule has 0 nitrogen and oxygen atoms in total. The van der Waals surface area contributed by atoms with Crippen molar-refractivity contribution in [1.29, 1.82) is 0 Å². The van der Waals surface area contributed by atoms with Gasteiger partial charge in [0.05, 0.1) is 14.6 Å². The molecule has 5 heteroatoms. The van der Waals surface area contributed by atoms with Crippen LogP contribution < -0.4 is 0 Å². The zero-order valence-electron chi connectivity index (χ0n) is 9.11. The van der Waals surface area contributed by atoms with Gasteiger partial charge in [0, 0.05) is 0 Å². The Kier molecular flexibility index (Phi) is 8.66. The maximum Gasteiger partial charge on any atom is 0.214 e. The van der Waals surface area contributed by atoms with Crippen LogP contribution in [0.25, 0.3) is 0 Å². The SMILES string of the molecule is C[SiH](C)C(F)CCCCC[SiH2]C(F)F. The minimum Gasteiger partial charge on any atom is -0.252 e. The van der Waals surface area contributed by atoms with Gasteiger partial charge in [-0.1, -0.05) is 38.4 Å². The fraction of sp³-hybridized carbons (Fsp3) is 1.00. The molecule has 0 spiro atoms. The van der Waals surface area contributed by atoms with Gasteiger partial charge in [0.2, 0.25) is 6.05 Å². The number of halogens is 3. The Morgan fingerprint density at radius 2 is 1.71 bits per heavy atom. The molecule has 0 heterocycles. The fourth-order valence-electron chi connectivity index (χ4n) is 1.32. The molecule has 0 aromatic carbocycles. The van der Waals surface area contributed by atoms with E-state index in [-0.39, 0.29) is 0 Å². The number of unbranched alkanes of at least 4 members (excludes halogenated alkanes) is 2. The molecule has 0 aliphatic rings. The molecule has 0 aromatic heterocycles. The summed E-state index contributed by atoms with van der Waals surface area (Å²) in [7, 11) is -2.25. The molecule has 1 unspecified atom stereocenters. The Bertz CT molecular complexity index is 131. The average molecular weight is 242 g/mol. The lowest BCUT2D eigenvalue weighted by Gasteiger charge is -2.09. The van der Waals surface area contributed by atoms with Crippen LogP contribution in [0.15, 0.2) is 0 Å². The zero-order valence-corrected chi connectivity index (χ0v) is 11.7. The van der Waals surface area contributed by atoms with Gasteiger partial charge in [-0.3, -0.25) is 4.39 Å². The molecular formula is C9H21F3Si2. The third kappa shape index (κ3) is 8.81. The van der Waals surface area contributed by atoms with Crippen LogP contribution in [0.4, 0.5) is 13.2 Å². The van der Waals surface area contributed by atoms with Crippen molar-refractivity contribution in [3.8, 4) is 0 Å². The van der Waals surface area contributed by atoms with E-state index in [0.717, 1.165) is 19.3 Å². The normalized spacial score (nSPS) is 14.8. The van der Waals surface area contributed by atoms with Crippen LogP contribution in [0.3, 0.4) is 0 Å². The van der Waals surface area contributed by atoms with Crippen LogP contribution in [-0.4, -0.2) is 30.2 Å². The molecule has 0 aliphatic carbocycles. The predicted molar refractivity (Wildman–Crippen MR) is 61.6 cm³/mol. The first kappa shape index (κ1) is 14.2. The first-order chi connectivity index (χ1) is 6.54.